The molecule has 5 nitrogen and oxygen atoms in total. The van der Waals surface area contributed by atoms with Crippen LogP contribution >= 0.6 is 0 Å². The van der Waals surface area contributed by atoms with Gasteiger partial charge in [-0.3, -0.25) is 4.89 Å². The highest BCUT2D eigenvalue weighted by atomic mass is 28.4. The van der Waals surface area contributed by atoms with Gasteiger partial charge in [0.05, 0.1) is 0 Å². The molecule has 0 amide bonds. The van der Waals surface area contributed by atoms with Crippen molar-refractivity contribution in [1.82, 2.24) is 0 Å². The van der Waals surface area contributed by atoms with Crippen LogP contribution in [-0.4, -0.2) is 26.0 Å². The quantitative estimate of drug-likeness (QED) is 0.230. The maximum Gasteiger partial charge on any atom is 0.373 e. The largest absolute Gasteiger partial charge is 0.543 e. The van der Waals surface area contributed by atoms with Gasteiger partial charge >= 0.3 is 5.97 Å². The number of rotatable bonds is 8. The molecule has 1 aliphatic heterocycles. The predicted octanol–water partition coefficient (Wildman–Crippen LogP) is 5.95. The minimum Gasteiger partial charge on any atom is -0.543 e. The van der Waals surface area contributed by atoms with Gasteiger partial charge in [0.15, 0.2) is 6.10 Å². The molecule has 0 spiro atoms. The van der Waals surface area contributed by atoms with Gasteiger partial charge in [0.25, 0.3) is 8.32 Å². The minimum absolute atomic E-state index is 0.285. The van der Waals surface area contributed by atoms with E-state index in [1.54, 1.807) is 0 Å². The van der Waals surface area contributed by atoms with Gasteiger partial charge in [-0.05, 0) is 55.1 Å². The highest BCUT2D eigenvalue weighted by molar-refractivity contribution is 6.78. The minimum atomic E-state index is -1.98. The zero-order chi connectivity index (χ0) is 21.3. The van der Waals surface area contributed by atoms with Gasteiger partial charge in [-0.25, -0.2) is 4.79 Å². The Morgan fingerprint density at radius 2 is 1.46 bits per heavy atom. The second-order valence-corrected chi connectivity index (χ2v) is 14.9. The molecule has 0 N–H and O–H groups in total. The second-order valence-electron chi connectivity index (χ2n) is 9.56. The average Bonchev–Trinajstić information content (AvgIpc) is 3.37. The fraction of sp³-hybridized carbons (Fsp3) is 0.682. The maximum absolute atomic E-state index is 12.0. The molecule has 1 saturated heterocycles. The molecule has 0 saturated carbocycles. The van der Waals surface area contributed by atoms with Crippen molar-refractivity contribution < 1.29 is 23.7 Å². The fourth-order valence-corrected chi connectivity index (χ4v) is 9.29. The lowest BCUT2D eigenvalue weighted by Gasteiger charge is -2.42. The zero-order valence-corrected chi connectivity index (χ0v) is 19.7. The third-order valence-corrected chi connectivity index (χ3v) is 11.3. The molecular weight excluding hydrogens is 372 g/mol. The van der Waals surface area contributed by atoms with Crippen molar-refractivity contribution >= 4 is 14.3 Å². The van der Waals surface area contributed by atoms with Crippen molar-refractivity contribution in [1.29, 1.82) is 0 Å². The van der Waals surface area contributed by atoms with Crippen LogP contribution in [0, 0.1) is 0 Å². The van der Waals surface area contributed by atoms with E-state index in [9.17, 15) is 4.79 Å². The highest BCUT2D eigenvalue weighted by Crippen LogP contribution is 2.44. The van der Waals surface area contributed by atoms with E-state index in [-0.39, 0.29) is 6.10 Å². The summed E-state index contributed by atoms with van der Waals surface area (Å²) in [5.74, 6) is 0.397. The molecule has 0 unspecified atom stereocenters. The highest BCUT2D eigenvalue weighted by Gasteiger charge is 2.49. The normalized spacial score (nSPS) is 20.0. The average molecular weight is 409 g/mol. The van der Waals surface area contributed by atoms with E-state index in [4.69, 9.17) is 18.9 Å². The first-order valence-corrected chi connectivity index (χ1v) is 12.4. The molecule has 0 aromatic heterocycles. The van der Waals surface area contributed by atoms with Crippen LogP contribution in [-0.2, 0) is 19.3 Å². The Morgan fingerprint density at radius 3 is 1.89 bits per heavy atom. The third kappa shape index (κ3) is 5.16. The molecule has 1 fully saturated rings. The van der Waals surface area contributed by atoms with Crippen LogP contribution < -0.4 is 4.43 Å². The lowest BCUT2D eigenvalue weighted by atomic mass is 10.1. The summed E-state index contributed by atoms with van der Waals surface area (Å²) in [4.78, 5) is 22.0. The van der Waals surface area contributed by atoms with Crippen molar-refractivity contribution in [2.45, 2.75) is 96.7 Å². The summed E-state index contributed by atoms with van der Waals surface area (Å²) in [5.41, 5.74) is 1.94. The third-order valence-electron chi connectivity index (χ3n) is 5.31. The lowest BCUT2D eigenvalue weighted by Crippen LogP contribution is -2.50. The van der Waals surface area contributed by atoms with Crippen LogP contribution in [0.15, 0.2) is 24.3 Å². The molecule has 1 aromatic rings. The SMILES string of the molecule is CC(C)[Si](Oc1ccc([C@@H]2O[C@H]2C(=O)OOC(C)(C)C)cc1)(C(C)C)C(C)C. The Kier molecular flexibility index (Phi) is 7.00. The number of carbonyl (C=O) groups is 1. The van der Waals surface area contributed by atoms with Crippen molar-refractivity contribution in [3.63, 3.8) is 0 Å². The molecular formula is C22H36O5Si. The lowest BCUT2D eigenvalue weighted by molar-refractivity contribution is -0.321. The standard InChI is InChI=1S/C22H36O5Si/c1-14(2)28(15(3)4,16(5)6)26-18-12-10-17(11-13-18)19-20(24-19)21(23)25-27-22(7,8)9/h10-16,19-20H,1-9H3/t19-,20+/m0/s1. The molecule has 1 heterocycles. The summed E-state index contributed by atoms with van der Waals surface area (Å²) in [6.07, 6.45) is -0.892. The molecule has 1 aliphatic rings. The van der Waals surface area contributed by atoms with Gasteiger partial charge in [-0.15, -0.1) is 0 Å². The van der Waals surface area contributed by atoms with E-state index >= 15 is 0 Å². The van der Waals surface area contributed by atoms with Crippen LogP contribution in [0.3, 0.4) is 0 Å². The van der Waals surface area contributed by atoms with Crippen molar-refractivity contribution in [3.05, 3.63) is 29.8 Å². The number of hydrogen-bond donors (Lipinski definition) is 0. The number of benzene rings is 1. The molecule has 158 valence electrons. The zero-order valence-electron chi connectivity index (χ0n) is 18.7. The Hall–Kier alpha value is -1.37. The Bertz CT molecular complexity index is 639. The van der Waals surface area contributed by atoms with E-state index in [0.29, 0.717) is 16.6 Å². The summed E-state index contributed by atoms with van der Waals surface area (Å²) < 4.78 is 12.2. The van der Waals surface area contributed by atoms with Gasteiger partial charge in [-0.1, -0.05) is 53.7 Å². The Balaban J connectivity index is 2.03. The van der Waals surface area contributed by atoms with E-state index in [1.807, 2.05) is 45.0 Å². The molecule has 2 atom stereocenters. The number of carbonyl (C=O) groups excluding carboxylic acids is 1. The van der Waals surface area contributed by atoms with Crippen molar-refractivity contribution in [2.75, 3.05) is 0 Å². The van der Waals surface area contributed by atoms with Crippen LogP contribution in [0.5, 0.6) is 5.75 Å². The predicted molar refractivity (Wildman–Crippen MR) is 113 cm³/mol. The van der Waals surface area contributed by atoms with Gasteiger partial charge in [0.1, 0.15) is 17.5 Å². The van der Waals surface area contributed by atoms with Crippen LogP contribution in [0.1, 0.15) is 74.0 Å². The summed E-state index contributed by atoms with van der Waals surface area (Å²) >= 11 is 0. The molecule has 28 heavy (non-hydrogen) atoms. The summed E-state index contributed by atoms with van der Waals surface area (Å²) in [6.45, 7) is 19.1. The number of ether oxygens (including phenoxy) is 1. The summed E-state index contributed by atoms with van der Waals surface area (Å²) in [6, 6.07) is 7.91. The molecule has 1 aromatic carbocycles. The molecule has 0 bridgehead atoms. The topological polar surface area (TPSA) is 57.3 Å². The van der Waals surface area contributed by atoms with Gasteiger partial charge in [0.2, 0.25) is 0 Å². The first-order valence-electron chi connectivity index (χ1n) is 10.2. The van der Waals surface area contributed by atoms with Crippen molar-refractivity contribution in [2.24, 2.45) is 0 Å². The number of epoxide rings is 1. The maximum atomic E-state index is 12.0. The Labute approximate surface area is 170 Å². The monoisotopic (exact) mass is 408 g/mol. The van der Waals surface area contributed by atoms with Gasteiger partial charge in [0, 0.05) is 0 Å². The van der Waals surface area contributed by atoms with Crippen LogP contribution in [0.4, 0.5) is 0 Å². The first-order chi connectivity index (χ1) is 12.9. The molecule has 0 radical (unpaired) electrons. The Morgan fingerprint density at radius 1 is 0.964 bits per heavy atom. The summed E-state index contributed by atoms with van der Waals surface area (Å²) in [5, 5.41) is 0. The molecule has 0 aliphatic carbocycles. The van der Waals surface area contributed by atoms with E-state index in [0.717, 1.165) is 11.3 Å². The van der Waals surface area contributed by atoms with Gasteiger partial charge < -0.3 is 9.16 Å². The van der Waals surface area contributed by atoms with E-state index < -0.39 is 26.0 Å². The van der Waals surface area contributed by atoms with E-state index in [2.05, 4.69) is 41.5 Å². The van der Waals surface area contributed by atoms with Crippen molar-refractivity contribution in [3.8, 4) is 5.75 Å². The summed E-state index contributed by atoms with van der Waals surface area (Å²) in [7, 11) is -1.98. The molecule has 2 rings (SSSR count). The number of hydrogen-bond acceptors (Lipinski definition) is 5. The van der Waals surface area contributed by atoms with Crippen LogP contribution in [0.25, 0.3) is 0 Å². The second kappa shape index (κ2) is 8.55. The molecule has 6 heteroatoms. The smallest absolute Gasteiger partial charge is 0.373 e. The van der Waals surface area contributed by atoms with Gasteiger partial charge in [-0.2, -0.15) is 4.89 Å². The fourth-order valence-electron chi connectivity index (χ4n) is 4.04. The van der Waals surface area contributed by atoms with Crippen LogP contribution in [0.2, 0.25) is 16.6 Å². The van der Waals surface area contributed by atoms with E-state index in [1.165, 1.54) is 0 Å². The first kappa shape index (κ1) is 22.9.